The molecule has 3 rings (SSSR count). The van der Waals surface area contributed by atoms with Gasteiger partial charge in [0.2, 0.25) is 11.8 Å². The van der Waals surface area contributed by atoms with Crippen molar-refractivity contribution in [3.63, 3.8) is 0 Å². The minimum absolute atomic E-state index is 0.0282. The predicted octanol–water partition coefficient (Wildman–Crippen LogP) is 3.70. The van der Waals surface area contributed by atoms with E-state index in [1.54, 1.807) is 29.1 Å². The first-order chi connectivity index (χ1) is 13.5. The average molecular weight is 398 g/mol. The van der Waals surface area contributed by atoms with Crippen molar-refractivity contribution in [3.8, 4) is 0 Å². The lowest BCUT2D eigenvalue weighted by atomic mass is 9.99. The van der Waals surface area contributed by atoms with Crippen LogP contribution in [0.2, 0.25) is 0 Å². The number of carbonyl (C=O) groups is 2. The van der Waals surface area contributed by atoms with Gasteiger partial charge in [0.25, 0.3) is 0 Å². The third-order valence-electron chi connectivity index (χ3n) is 4.88. The van der Waals surface area contributed by atoms with Crippen molar-refractivity contribution in [1.82, 2.24) is 15.2 Å². The van der Waals surface area contributed by atoms with E-state index in [1.807, 2.05) is 24.3 Å². The number of nitrogens with zero attached hydrogens (tertiary/aromatic N) is 2. The third kappa shape index (κ3) is 4.73. The van der Waals surface area contributed by atoms with Gasteiger partial charge >= 0.3 is 0 Å². The fraction of sp³-hybridized carbons (Fsp3) is 0.409. The molecule has 6 heteroatoms. The number of thioether (sulfide) groups is 1. The Morgan fingerprint density at radius 3 is 2.75 bits per heavy atom. The molecule has 1 aromatic carbocycles. The summed E-state index contributed by atoms with van der Waals surface area (Å²) in [5.41, 5.74) is 3.18. The largest absolute Gasteiger partial charge is 0.350 e. The Morgan fingerprint density at radius 1 is 1.29 bits per heavy atom. The number of rotatable bonds is 7. The van der Waals surface area contributed by atoms with E-state index in [9.17, 15) is 9.59 Å². The molecule has 2 amide bonds. The minimum atomic E-state index is -0.483. The van der Waals surface area contributed by atoms with Gasteiger partial charge in [0.1, 0.15) is 11.4 Å². The fourth-order valence-electron chi connectivity index (χ4n) is 3.48. The van der Waals surface area contributed by atoms with Crippen molar-refractivity contribution < 1.29 is 9.59 Å². The van der Waals surface area contributed by atoms with Crippen molar-refractivity contribution in [2.24, 2.45) is 5.92 Å². The van der Waals surface area contributed by atoms with Gasteiger partial charge in [-0.05, 0) is 42.0 Å². The monoisotopic (exact) mass is 397 g/mol. The van der Waals surface area contributed by atoms with Crippen LogP contribution in [-0.4, -0.2) is 33.5 Å². The van der Waals surface area contributed by atoms with Crippen molar-refractivity contribution >= 4 is 23.6 Å². The van der Waals surface area contributed by atoms with Gasteiger partial charge in [-0.2, -0.15) is 0 Å². The molecule has 0 saturated carbocycles. The molecule has 1 aromatic heterocycles. The molecule has 2 heterocycles. The van der Waals surface area contributed by atoms with E-state index in [0.717, 1.165) is 16.7 Å². The van der Waals surface area contributed by atoms with Crippen LogP contribution in [0.1, 0.15) is 42.3 Å². The lowest BCUT2D eigenvalue weighted by Crippen LogP contribution is -2.49. The van der Waals surface area contributed by atoms with Gasteiger partial charge in [-0.3, -0.25) is 14.6 Å². The quantitative estimate of drug-likeness (QED) is 0.774. The van der Waals surface area contributed by atoms with Crippen LogP contribution in [0.25, 0.3) is 0 Å². The molecule has 1 aliphatic heterocycles. The summed E-state index contributed by atoms with van der Waals surface area (Å²) in [5, 5.41) is 2.88. The summed E-state index contributed by atoms with van der Waals surface area (Å²) in [6.07, 6.45) is 4.08. The first kappa shape index (κ1) is 20.4. The summed E-state index contributed by atoms with van der Waals surface area (Å²) < 4.78 is 0. The number of aromatic nitrogens is 1. The van der Waals surface area contributed by atoms with Crippen LogP contribution in [0, 0.1) is 12.8 Å². The van der Waals surface area contributed by atoms with Gasteiger partial charge < -0.3 is 10.2 Å². The van der Waals surface area contributed by atoms with Gasteiger partial charge in [0.15, 0.2) is 0 Å². The second-order valence-corrected chi connectivity index (χ2v) is 8.61. The van der Waals surface area contributed by atoms with Gasteiger partial charge in [-0.1, -0.05) is 44.2 Å². The maximum absolute atomic E-state index is 13.1. The van der Waals surface area contributed by atoms with Crippen LogP contribution < -0.4 is 5.32 Å². The summed E-state index contributed by atoms with van der Waals surface area (Å²) in [5.74, 6) is 0.626. The highest BCUT2D eigenvalue weighted by Crippen LogP contribution is 2.42. The Kier molecular flexibility index (Phi) is 6.73. The standard InChI is InChI=1S/C22H27N3O2S/c1-15(2)11-19(21(27)24-13-17-8-6-10-23-12-17)25-20(26)14-28-22(25)18-9-5-4-7-16(18)3/h4-10,12,15,19,22H,11,13-14H2,1-3H3,(H,24,27). The number of hydrogen-bond donors (Lipinski definition) is 1. The van der Waals surface area contributed by atoms with Crippen LogP contribution in [-0.2, 0) is 16.1 Å². The topological polar surface area (TPSA) is 62.3 Å². The van der Waals surface area contributed by atoms with E-state index < -0.39 is 6.04 Å². The minimum Gasteiger partial charge on any atom is -0.350 e. The highest BCUT2D eigenvalue weighted by Gasteiger charge is 2.41. The van der Waals surface area contributed by atoms with Gasteiger partial charge in [-0.25, -0.2) is 0 Å². The Balaban J connectivity index is 1.83. The molecule has 2 atom stereocenters. The summed E-state index contributed by atoms with van der Waals surface area (Å²) in [7, 11) is 0. The third-order valence-corrected chi connectivity index (χ3v) is 6.09. The van der Waals surface area contributed by atoms with Crippen LogP contribution in [0.4, 0.5) is 0 Å². The number of carbonyl (C=O) groups excluding carboxylic acids is 2. The van der Waals surface area contributed by atoms with Crippen LogP contribution >= 0.6 is 11.8 Å². The first-order valence-electron chi connectivity index (χ1n) is 9.62. The van der Waals surface area contributed by atoms with Crippen molar-refractivity contribution in [2.45, 2.75) is 45.2 Å². The molecule has 1 N–H and O–H groups in total. The van der Waals surface area contributed by atoms with E-state index in [0.29, 0.717) is 24.6 Å². The van der Waals surface area contributed by atoms with Crippen LogP contribution in [0.3, 0.4) is 0 Å². The molecule has 0 bridgehead atoms. The second-order valence-electron chi connectivity index (χ2n) is 7.55. The number of benzene rings is 1. The van der Waals surface area contributed by atoms with E-state index in [2.05, 4.69) is 43.2 Å². The molecule has 148 valence electrons. The Bertz CT molecular complexity index is 826. The number of hydrogen-bond acceptors (Lipinski definition) is 4. The average Bonchev–Trinajstić information content (AvgIpc) is 3.06. The molecular weight excluding hydrogens is 370 g/mol. The van der Waals surface area contributed by atoms with Gasteiger partial charge in [0, 0.05) is 18.9 Å². The number of nitrogens with one attached hydrogen (secondary N) is 1. The zero-order valence-corrected chi connectivity index (χ0v) is 17.4. The normalized spacial score (nSPS) is 17.8. The maximum atomic E-state index is 13.1. The van der Waals surface area contributed by atoms with Crippen LogP contribution in [0.5, 0.6) is 0 Å². The molecule has 2 aromatic rings. The van der Waals surface area contributed by atoms with Crippen molar-refractivity contribution in [2.75, 3.05) is 5.75 Å². The van der Waals surface area contributed by atoms with E-state index in [-0.39, 0.29) is 17.2 Å². The van der Waals surface area contributed by atoms with Crippen molar-refractivity contribution in [1.29, 1.82) is 0 Å². The lowest BCUT2D eigenvalue weighted by molar-refractivity contribution is -0.139. The highest BCUT2D eigenvalue weighted by atomic mass is 32.2. The molecule has 1 saturated heterocycles. The Hall–Kier alpha value is -2.34. The second kappa shape index (κ2) is 9.24. The molecule has 0 aliphatic carbocycles. The molecule has 1 aliphatic rings. The fourth-order valence-corrected chi connectivity index (χ4v) is 4.80. The smallest absolute Gasteiger partial charge is 0.243 e. The zero-order chi connectivity index (χ0) is 20.1. The molecule has 28 heavy (non-hydrogen) atoms. The van der Waals surface area contributed by atoms with Crippen molar-refractivity contribution in [3.05, 3.63) is 65.5 Å². The lowest BCUT2D eigenvalue weighted by Gasteiger charge is -2.33. The molecule has 0 spiro atoms. The molecule has 1 fully saturated rings. The van der Waals surface area contributed by atoms with E-state index >= 15 is 0 Å². The maximum Gasteiger partial charge on any atom is 0.243 e. The molecule has 5 nitrogen and oxygen atoms in total. The predicted molar refractivity (Wildman–Crippen MR) is 113 cm³/mol. The van der Waals surface area contributed by atoms with Crippen LogP contribution in [0.15, 0.2) is 48.8 Å². The Labute approximate surface area is 170 Å². The Morgan fingerprint density at radius 2 is 2.07 bits per heavy atom. The molecule has 2 unspecified atom stereocenters. The number of amides is 2. The first-order valence-corrected chi connectivity index (χ1v) is 10.7. The summed E-state index contributed by atoms with van der Waals surface area (Å²) in [6, 6.07) is 11.4. The summed E-state index contributed by atoms with van der Waals surface area (Å²) in [6.45, 7) is 6.62. The van der Waals surface area contributed by atoms with Gasteiger partial charge in [-0.15, -0.1) is 11.8 Å². The number of aryl methyl sites for hydroxylation is 1. The SMILES string of the molecule is Cc1ccccc1C1SCC(=O)N1C(CC(C)C)C(=O)NCc1cccnc1. The zero-order valence-electron chi connectivity index (χ0n) is 16.6. The summed E-state index contributed by atoms with van der Waals surface area (Å²) in [4.78, 5) is 31.8. The highest BCUT2D eigenvalue weighted by molar-refractivity contribution is 8.00. The molecule has 0 radical (unpaired) electrons. The van der Waals surface area contributed by atoms with E-state index in [4.69, 9.17) is 0 Å². The number of pyridine rings is 1. The van der Waals surface area contributed by atoms with Gasteiger partial charge in [0.05, 0.1) is 5.75 Å². The van der Waals surface area contributed by atoms with E-state index in [1.165, 1.54) is 0 Å². The summed E-state index contributed by atoms with van der Waals surface area (Å²) >= 11 is 1.60. The molecular formula is C22H27N3O2S.